The van der Waals surface area contributed by atoms with E-state index in [0.29, 0.717) is 22.6 Å². The van der Waals surface area contributed by atoms with Gasteiger partial charge in [0.2, 0.25) is 0 Å². The van der Waals surface area contributed by atoms with Gasteiger partial charge in [-0.25, -0.2) is 5.43 Å². The molecule has 2 rings (SSSR count). The molecule has 2 aromatic carbocycles. The number of amides is 1. The first-order valence-corrected chi connectivity index (χ1v) is 7.51. The molecule has 0 aromatic heterocycles. The highest BCUT2D eigenvalue weighted by Crippen LogP contribution is 2.22. The smallest absolute Gasteiger partial charge is 0.276 e. The number of para-hydroxylation sites is 1. The molecule has 0 aliphatic rings. The normalized spacial score (nSPS) is 10.8. The second kappa shape index (κ2) is 8.97. The van der Waals surface area contributed by atoms with E-state index in [-0.39, 0.29) is 5.69 Å². The van der Waals surface area contributed by atoms with Crippen molar-refractivity contribution in [2.45, 2.75) is 0 Å². The number of carbonyl (C=O) groups is 1. The first kappa shape index (κ1) is 18.7. The molecule has 2 aromatic rings. The van der Waals surface area contributed by atoms with Crippen LogP contribution in [0, 0.1) is 10.1 Å². The summed E-state index contributed by atoms with van der Waals surface area (Å²) in [6.07, 6.45) is 4.35. The van der Waals surface area contributed by atoms with Crippen LogP contribution in [-0.4, -0.2) is 31.3 Å². The summed E-state index contributed by atoms with van der Waals surface area (Å²) in [5.74, 6) is 0.516. The molecule has 0 aliphatic heterocycles. The average molecular weight is 355 g/mol. The topological polar surface area (TPSA) is 103 Å². The van der Waals surface area contributed by atoms with Crippen LogP contribution >= 0.6 is 0 Å². The van der Waals surface area contributed by atoms with E-state index in [2.05, 4.69) is 10.5 Å². The van der Waals surface area contributed by atoms with E-state index in [0.717, 1.165) is 0 Å². The number of methoxy groups -OCH3 is 2. The summed E-state index contributed by atoms with van der Waals surface area (Å²) in [5.41, 5.74) is 3.11. The molecule has 0 heterocycles. The van der Waals surface area contributed by atoms with Gasteiger partial charge in [0.1, 0.15) is 11.5 Å². The molecule has 0 unspecified atom stereocenters. The number of benzene rings is 2. The minimum Gasteiger partial charge on any atom is -0.497 e. The number of nitrogens with zero attached hydrogens (tertiary/aromatic N) is 2. The van der Waals surface area contributed by atoms with Gasteiger partial charge in [0.05, 0.1) is 24.7 Å². The molecule has 1 N–H and O–H groups in total. The number of ether oxygens (including phenoxy) is 2. The van der Waals surface area contributed by atoms with E-state index < -0.39 is 10.8 Å². The number of hydrogen-bond acceptors (Lipinski definition) is 6. The molecule has 1 amide bonds. The predicted molar refractivity (Wildman–Crippen MR) is 97.6 cm³/mol. The molecule has 8 nitrogen and oxygen atoms in total. The van der Waals surface area contributed by atoms with Gasteiger partial charge in [-0.15, -0.1) is 0 Å². The fourth-order valence-corrected chi connectivity index (χ4v) is 2.08. The molecule has 0 saturated carbocycles. The third-order valence-electron chi connectivity index (χ3n) is 3.35. The van der Waals surface area contributed by atoms with Crippen molar-refractivity contribution in [1.82, 2.24) is 5.43 Å². The fraction of sp³-hybridized carbons (Fsp3) is 0.111. The molecule has 134 valence electrons. The Hall–Kier alpha value is -3.68. The minimum atomic E-state index is -0.464. The monoisotopic (exact) mass is 355 g/mol. The van der Waals surface area contributed by atoms with Crippen LogP contribution in [0.1, 0.15) is 15.9 Å². The van der Waals surface area contributed by atoms with Crippen LogP contribution in [0.5, 0.6) is 11.5 Å². The molecule has 0 aliphatic carbocycles. The maximum Gasteiger partial charge on any atom is 0.276 e. The molecular weight excluding hydrogens is 338 g/mol. The number of nitro groups is 1. The molecule has 8 heteroatoms. The van der Waals surface area contributed by atoms with Crippen molar-refractivity contribution < 1.29 is 19.2 Å². The molecule has 26 heavy (non-hydrogen) atoms. The predicted octanol–water partition coefficient (Wildman–Crippen LogP) is 3.04. The van der Waals surface area contributed by atoms with E-state index in [1.54, 1.807) is 36.4 Å². The quantitative estimate of drug-likeness (QED) is 0.467. The summed E-state index contributed by atoms with van der Waals surface area (Å²) in [7, 11) is 2.98. The highest BCUT2D eigenvalue weighted by Gasteiger charge is 2.09. The van der Waals surface area contributed by atoms with Gasteiger partial charge in [0.15, 0.2) is 0 Å². The zero-order valence-electron chi connectivity index (χ0n) is 14.2. The van der Waals surface area contributed by atoms with Gasteiger partial charge in [-0.1, -0.05) is 12.1 Å². The van der Waals surface area contributed by atoms with Crippen LogP contribution in [-0.2, 0) is 0 Å². The number of rotatable bonds is 7. The number of hydrogen-bond donors (Lipinski definition) is 1. The van der Waals surface area contributed by atoms with Crippen molar-refractivity contribution in [1.29, 1.82) is 0 Å². The van der Waals surface area contributed by atoms with Crippen LogP contribution in [0.25, 0.3) is 6.08 Å². The van der Waals surface area contributed by atoms with Crippen molar-refractivity contribution in [2.24, 2.45) is 5.10 Å². The van der Waals surface area contributed by atoms with Gasteiger partial charge in [-0.05, 0) is 30.4 Å². The molecule has 0 radical (unpaired) electrons. The highest BCUT2D eigenvalue weighted by atomic mass is 16.6. The van der Waals surface area contributed by atoms with E-state index in [1.165, 1.54) is 38.7 Å². The summed E-state index contributed by atoms with van der Waals surface area (Å²) >= 11 is 0. The van der Waals surface area contributed by atoms with Crippen molar-refractivity contribution >= 4 is 23.9 Å². The number of nitrogens with one attached hydrogen (secondary N) is 1. The average Bonchev–Trinajstić information content (AvgIpc) is 2.67. The van der Waals surface area contributed by atoms with E-state index in [1.807, 2.05) is 0 Å². The first-order valence-electron chi connectivity index (χ1n) is 7.51. The van der Waals surface area contributed by atoms with Crippen LogP contribution in [0.15, 0.2) is 53.6 Å². The first-order chi connectivity index (χ1) is 12.5. The lowest BCUT2D eigenvalue weighted by Crippen LogP contribution is -2.17. The van der Waals surface area contributed by atoms with Crippen LogP contribution in [0.4, 0.5) is 5.69 Å². The minimum absolute atomic E-state index is 0.00957. The second-order valence-electron chi connectivity index (χ2n) is 5.00. The van der Waals surface area contributed by atoms with Crippen LogP contribution in [0.2, 0.25) is 0 Å². The zero-order valence-corrected chi connectivity index (χ0v) is 14.2. The lowest BCUT2D eigenvalue weighted by atomic mass is 10.1. The van der Waals surface area contributed by atoms with Gasteiger partial charge in [-0.3, -0.25) is 14.9 Å². The third kappa shape index (κ3) is 4.91. The van der Waals surface area contributed by atoms with Crippen molar-refractivity contribution in [3.8, 4) is 11.5 Å². The van der Waals surface area contributed by atoms with Gasteiger partial charge in [0, 0.05) is 23.9 Å². The van der Waals surface area contributed by atoms with E-state index >= 15 is 0 Å². The molecule has 0 bridgehead atoms. The number of carbonyl (C=O) groups excluding carboxylic acids is 1. The Morgan fingerprint density at radius 3 is 2.42 bits per heavy atom. The van der Waals surface area contributed by atoms with Crippen LogP contribution in [0.3, 0.4) is 0 Å². The zero-order chi connectivity index (χ0) is 18.9. The lowest BCUT2D eigenvalue weighted by Gasteiger charge is -2.07. The van der Waals surface area contributed by atoms with Crippen molar-refractivity contribution in [3.63, 3.8) is 0 Å². The second-order valence-corrected chi connectivity index (χ2v) is 5.00. The Kier molecular flexibility index (Phi) is 6.44. The van der Waals surface area contributed by atoms with Crippen molar-refractivity contribution in [3.05, 3.63) is 69.8 Å². The number of nitro benzene ring substituents is 1. The molecule has 0 fully saturated rings. The van der Waals surface area contributed by atoms with Gasteiger partial charge in [0.25, 0.3) is 11.6 Å². The maximum absolute atomic E-state index is 12.1. The largest absolute Gasteiger partial charge is 0.497 e. The Balaban J connectivity index is 2.03. The van der Waals surface area contributed by atoms with Gasteiger partial charge < -0.3 is 9.47 Å². The highest BCUT2D eigenvalue weighted by molar-refractivity contribution is 5.95. The SMILES string of the molecule is COc1cc(OC)cc(C(=O)N/N=C\C=C\c2ccccc2[N+](=O)[O-])c1. The Morgan fingerprint density at radius 2 is 1.81 bits per heavy atom. The standard InChI is InChI=1S/C18H17N3O5/c1-25-15-10-14(11-16(12-15)26-2)18(22)20-19-9-5-7-13-6-3-4-8-17(13)21(23)24/h3-12H,1-2H3,(H,20,22)/b7-5+,19-9-. The summed E-state index contributed by atoms with van der Waals surface area (Å²) in [4.78, 5) is 22.6. The number of hydrazone groups is 1. The Morgan fingerprint density at radius 1 is 1.15 bits per heavy atom. The maximum atomic E-state index is 12.1. The van der Waals surface area contributed by atoms with Gasteiger partial charge >= 0.3 is 0 Å². The molecule has 0 atom stereocenters. The third-order valence-corrected chi connectivity index (χ3v) is 3.35. The van der Waals surface area contributed by atoms with Crippen molar-refractivity contribution in [2.75, 3.05) is 14.2 Å². The van der Waals surface area contributed by atoms with E-state index in [4.69, 9.17) is 9.47 Å². The summed E-state index contributed by atoms with van der Waals surface area (Å²) in [6, 6.07) is 11.1. The fourth-order valence-electron chi connectivity index (χ4n) is 2.08. The lowest BCUT2D eigenvalue weighted by molar-refractivity contribution is -0.385. The van der Waals surface area contributed by atoms with Crippen LogP contribution < -0.4 is 14.9 Å². The summed E-state index contributed by atoms with van der Waals surface area (Å²) < 4.78 is 10.2. The summed E-state index contributed by atoms with van der Waals surface area (Å²) in [6.45, 7) is 0. The van der Waals surface area contributed by atoms with E-state index in [9.17, 15) is 14.9 Å². The number of allylic oxidation sites excluding steroid dienone is 1. The molecule has 0 spiro atoms. The van der Waals surface area contributed by atoms with Gasteiger partial charge in [-0.2, -0.15) is 5.10 Å². The summed E-state index contributed by atoms with van der Waals surface area (Å²) in [5, 5.41) is 14.7. The molecule has 0 saturated heterocycles. The Bertz CT molecular complexity index is 839. The Labute approximate surface area is 149 Å². The molecular formula is C18H17N3O5.